The van der Waals surface area contributed by atoms with Crippen LogP contribution in [0.15, 0.2) is 0 Å². The van der Waals surface area contributed by atoms with Gasteiger partial charge in [-0.1, -0.05) is 0 Å². The summed E-state index contributed by atoms with van der Waals surface area (Å²) < 4.78 is 31.6. The van der Waals surface area contributed by atoms with Crippen LogP contribution in [0.3, 0.4) is 0 Å². The molecule has 1 aliphatic rings. The van der Waals surface area contributed by atoms with Gasteiger partial charge in [-0.05, 0) is 12.8 Å². The topological polar surface area (TPSA) is 87.2 Å². The standard InChI is InChI=1S/C10H20N2O5S/c1-11(6-7-17-2)18(15,16)12-5-3-4-9(8-12)10(13)14/h9H,3-8H2,1-2H3,(H,13,14). The fourth-order valence-corrected chi connectivity index (χ4v) is 3.31. The molecule has 1 N–H and O–H groups in total. The number of hydrogen-bond acceptors (Lipinski definition) is 4. The Hall–Kier alpha value is -0.700. The van der Waals surface area contributed by atoms with E-state index in [1.54, 1.807) is 0 Å². The zero-order chi connectivity index (χ0) is 13.8. The molecule has 1 aliphatic heterocycles. The summed E-state index contributed by atoms with van der Waals surface area (Å²) in [4.78, 5) is 10.9. The molecule has 0 spiro atoms. The van der Waals surface area contributed by atoms with E-state index in [1.807, 2.05) is 0 Å². The maximum absolute atomic E-state index is 12.2. The highest BCUT2D eigenvalue weighted by Crippen LogP contribution is 2.20. The largest absolute Gasteiger partial charge is 0.481 e. The summed E-state index contributed by atoms with van der Waals surface area (Å²) in [6.45, 7) is 0.997. The van der Waals surface area contributed by atoms with Crippen molar-refractivity contribution in [3.8, 4) is 0 Å². The number of hydrogen-bond donors (Lipinski definition) is 1. The third-order valence-corrected chi connectivity index (χ3v) is 5.02. The van der Waals surface area contributed by atoms with Gasteiger partial charge in [-0.2, -0.15) is 17.0 Å². The lowest BCUT2D eigenvalue weighted by molar-refractivity contribution is -0.142. The summed E-state index contributed by atoms with van der Waals surface area (Å²) in [7, 11) is -0.605. The molecule has 106 valence electrons. The van der Waals surface area contributed by atoms with Crippen LogP contribution in [-0.2, 0) is 19.7 Å². The van der Waals surface area contributed by atoms with Crippen molar-refractivity contribution in [2.75, 3.05) is 40.4 Å². The SMILES string of the molecule is COCCN(C)S(=O)(=O)N1CCCC(C(=O)O)C1. The highest BCUT2D eigenvalue weighted by molar-refractivity contribution is 7.86. The predicted molar refractivity (Wildman–Crippen MR) is 65.4 cm³/mol. The molecule has 1 heterocycles. The van der Waals surface area contributed by atoms with E-state index in [4.69, 9.17) is 9.84 Å². The Bertz CT molecular complexity index is 384. The lowest BCUT2D eigenvalue weighted by Gasteiger charge is -2.32. The summed E-state index contributed by atoms with van der Waals surface area (Å²) in [5, 5.41) is 8.95. The summed E-state index contributed by atoms with van der Waals surface area (Å²) >= 11 is 0. The minimum atomic E-state index is -3.58. The van der Waals surface area contributed by atoms with E-state index in [0.29, 0.717) is 26.0 Å². The molecule has 0 bridgehead atoms. The second kappa shape index (κ2) is 6.46. The van der Waals surface area contributed by atoms with Crippen molar-refractivity contribution in [2.45, 2.75) is 12.8 Å². The van der Waals surface area contributed by atoms with Gasteiger partial charge >= 0.3 is 5.97 Å². The van der Waals surface area contributed by atoms with E-state index in [2.05, 4.69) is 0 Å². The number of ether oxygens (including phenoxy) is 1. The normalized spacial score (nSPS) is 22.3. The number of carbonyl (C=O) groups is 1. The van der Waals surface area contributed by atoms with Crippen LogP contribution >= 0.6 is 0 Å². The van der Waals surface area contributed by atoms with E-state index in [9.17, 15) is 13.2 Å². The predicted octanol–water partition coefficient (Wildman–Crippen LogP) is -0.394. The third kappa shape index (κ3) is 3.64. The van der Waals surface area contributed by atoms with Crippen LogP contribution in [0.1, 0.15) is 12.8 Å². The lowest BCUT2D eigenvalue weighted by atomic mass is 10.0. The Balaban J connectivity index is 2.69. The number of carboxylic acids is 1. The first-order valence-electron chi connectivity index (χ1n) is 5.82. The summed E-state index contributed by atoms with van der Waals surface area (Å²) in [5.74, 6) is -1.54. The van der Waals surface area contributed by atoms with Crippen molar-refractivity contribution >= 4 is 16.2 Å². The van der Waals surface area contributed by atoms with Gasteiger partial charge in [0, 0.05) is 33.8 Å². The molecule has 0 aromatic heterocycles. The highest BCUT2D eigenvalue weighted by Gasteiger charge is 2.34. The third-order valence-electron chi connectivity index (χ3n) is 3.06. The van der Waals surface area contributed by atoms with Gasteiger partial charge in [-0.3, -0.25) is 4.79 Å². The molecule has 0 saturated carbocycles. The van der Waals surface area contributed by atoms with Crippen molar-refractivity contribution in [3.05, 3.63) is 0 Å². The molecule has 1 saturated heterocycles. The number of rotatable bonds is 6. The van der Waals surface area contributed by atoms with Gasteiger partial charge in [0.25, 0.3) is 10.2 Å². The molecular weight excluding hydrogens is 260 g/mol. The minimum absolute atomic E-state index is 0.0506. The Labute approximate surface area is 108 Å². The fourth-order valence-electron chi connectivity index (χ4n) is 1.89. The van der Waals surface area contributed by atoms with Crippen LogP contribution in [0, 0.1) is 5.92 Å². The first-order chi connectivity index (χ1) is 8.39. The number of piperidine rings is 1. The molecule has 0 aromatic rings. The Morgan fingerprint density at radius 2 is 2.22 bits per heavy atom. The van der Waals surface area contributed by atoms with Gasteiger partial charge in [-0.25, -0.2) is 0 Å². The lowest BCUT2D eigenvalue weighted by Crippen LogP contribution is -2.48. The van der Waals surface area contributed by atoms with Gasteiger partial charge in [0.05, 0.1) is 12.5 Å². The molecule has 0 aromatic carbocycles. The summed E-state index contributed by atoms with van der Waals surface area (Å²) in [5.41, 5.74) is 0. The van der Waals surface area contributed by atoms with E-state index in [0.717, 1.165) is 0 Å². The minimum Gasteiger partial charge on any atom is -0.481 e. The number of carboxylic acid groups (broad SMARTS) is 1. The molecule has 1 rings (SSSR count). The fraction of sp³-hybridized carbons (Fsp3) is 0.900. The molecule has 0 aliphatic carbocycles. The van der Waals surface area contributed by atoms with Crippen molar-refractivity contribution in [1.29, 1.82) is 0 Å². The van der Waals surface area contributed by atoms with E-state index in [1.165, 1.54) is 22.8 Å². The summed E-state index contributed by atoms with van der Waals surface area (Å²) in [6, 6.07) is 0. The number of likely N-dealkylation sites (N-methyl/N-ethyl adjacent to an activating group) is 1. The first-order valence-corrected chi connectivity index (χ1v) is 7.22. The van der Waals surface area contributed by atoms with Crippen LogP contribution in [0.2, 0.25) is 0 Å². The second-order valence-corrected chi connectivity index (χ2v) is 6.39. The van der Waals surface area contributed by atoms with Gasteiger partial charge in [0.15, 0.2) is 0 Å². The van der Waals surface area contributed by atoms with Crippen LogP contribution in [0.4, 0.5) is 0 Å². The molecule has 1 fully saturated rings. The monoisotopic (exact) mass is 280 g/mol. The zero-order valence-electron chi connectivity index (χ0n) is 10.7. The maximum Gasteiger partial charge on any atom is 0.307 e. The molecule has 1 unspecified atom stereocenters. The zero-order valence-corrected chi connectivity index (χ0v) is 11.5. The molecule has 1 atom stereocenters. The number of methoxy groups -OCH3 is 1. The molecule has 8 heteroatoms. The van der Waals surface area contributed by atoms with Crippen molar-refractivity contribution < 1.29 is 23.1 Å². The number of nitrogens with zero attached hydrogens (tertiary/aromatic N) is 2. The molecule has 0 radical (unpaired) electrons. The van der Waals surface area contributed by atoms with Crippen molar-refractivity contribution in [3.63, 3.8) is 0 Å². The molecule has 7 nitrogen and oxygen atoms in total. The second-order valence-electron chi connectivity index (χ2n) is 4.36. The highest BCUT2D eigenvalue weighted by atomic mass is 32.2. The van der Waals surface area contributed by atoms with E-state index < -0.39 is 22.1 Å². The van der Waals surface area contributed by atoms with E-state index >= 15 is 0 Å². The van der Waals surface area contributed by atoms with Crippen molar-refractivity contribution in [2.24, 2.45) is 5.92 Å². The Morgan fingerprint density at radius 1 is 1.56 bits per heavy atom. The molecular formula is C10H20N2O5S. The van der Waals surface area contributed by atoms with Crippen LogP contribution < -0.4 is 0 Å². The maximum atomic E-state index is 12.2. The van der Waals surface area contributed by atoms with Crippen LogP contribution in [-0.4, -0.2) is 68.5 Å². The Morgan fingerprint density at radius 3 is 2.78 bits per heavy atom. The Kier molecular flexibility index (Phi) is 5.51. The van der Waals surface area contributed by atoms with Crippen LogP contribution in [0.5, 0.6) is 0 Å². The average Bonchev–Trinajstić information content (AvgIpc) is 2.35. The first kappa shape index (κ1) is 15.4. The van der Waals surface area contributed by atoms with Gasteiger partial charge < -0.3 is 9.84 Å². The van der Waals surface area contributed by atoms with Gasteiger partial charge in [-0.15, -0.1) is 0 Å². The summed E-state index contributed by atoms with van der Waals surface area (Å²) in [6.07, 6.45) is 1.11. The number of aliphatic carboxylic acids is 1. The van der Waals surface area contributed by atoms with Gasteiger partial charge in [0.2, 0.25) is 0 Å². The molecule has 0 amide bonds. The quantitative estimate of drug-likeness (QED) is 0.715. The molecule has 18 heavy (non-hydrogen) atoms. The van der Waals surface area contributed by atoms with Crippen LogP contribution in [0.25, 0.3) is 0 Å². The van der Waals surface area contributed by atoms with E-state index in [-0.39, 0.29) is 13.1 Å². The smallest absolute Gasteiger partial charge is 0.307 e. The van der Waals surface area contributed by atoms with Crippen molar-refractivity contribution in [1.82, 2.24) is 8.61 Å². The van der Waals surface area contributed by atoms with Gasteiger partial charge in [0.1, 0.15) is 0 Å². The average molecular weight is 280 g/mol.